The van der Waals surface area contributed by atoms with Crippen LogP contribution in [-0.4, -0.2) is 35.3 Å². The van der Waals surface area contributed by atoms with E-state index in [-0.39, 0.29) is 17.9 Å². The lowest BCUT2D eigenvalue weighted by Crippen LogP contribution is -2.45. The molecule has 1 unspecified atom stereocenters. The van der Waals surface area contributed by atoms with Gasteiger partial charge in [0.1, 0.15) is 6.04 Å². The molecular formula is C10H16N2O2. The average molecular weight is 196 g/mol. The molecule has 0 aromatic carbocycles. The van der Waals surface area contributed by atoms with Crippen molar-refractivity contribution in [2.24, 2.45) is 0 Å². The van der Waals surface area contributed by atoms with Gasteiger partial charge in [-0.15, -0.1) is 0 Å². The summed E-state index contributed by atoms with van der Waals surface area (Å²) in [7, 11) is 0. The fraction of sp³-hybridized carbons (Fsp3) is 0.800. The van der Waals surface area contributed by atoms with E-state index >= 15 is 0 Å². The molecule has 2 fully saturated rings. The largest absolute Gasteiger partial charge is 0.352 e. The summed E-state index contributed by atoms with van der Waals surface area (Å²) >= 11 is 0. The Morgan fingerprint density at radius 2 is 2.00 bits per heavy atom. The normalized spacial score (nSPS) is 26.4. The summed E-state index contributed by atoms with van der Waals surface area (Å²) in [6.45, 7) is 2.26. The molecule has 1 N–H and O–H groups in total. The predicted octanol–water partition coefficient (Wildman–Crippen LogP) is 0.276. The van der Waals surface area contributed by atoms with Crippen LogP contribution >= 0.6 is 0 Å². The maximum atomic E-state index is 11.7. The molecule has 1 atom stereocenters. The van der Waals surface area contributed by atoms with E-state index in [1.54, 1.807) is 4.90 Å². The maximum Gasteiger partial charge on any atom is 0.243 e. The molecule has 0 spiro atoms. The zero-order chi connectivity index (χ0) is 10.1. The Hall–Kier alpha value is -1.06. The van der Waals surface area contributed by atoms with E-state index in [9.17, 15) is 9.59 Å². The van der Waals surface area contributed by atoms with Crippen LogP contribution in [0.3, 0.4) is 0 Å². The number of carbonyl (C=O) groups excluding carboxylic acids is 2. The van der Waals surface area contributed by atoms with Gasteiger partial charge in [-0.05, 0) is 25.7 Å². The number of carbonyl (C=O) groups is 2. The fourth-order valence-electron chi connectivity index (χ4n) is 1.94. The van der Waals surface area contributed by atoms with Gasteiger partial charge in [-0.3, -0.25) is 9.59 Å². The van der Waals surface area contributed by atoms with Crippen LogP contribution in [0.25, 0.3) is 0 Å². The Morgan fingerprint density at radius 3 is 2.57 bits per heavy atom. The molecule has 1 aliphatic carbocycles. The molecular weight excluding hydrogens is 180 g/mol. The number of hydrogen-bond acceptors (Lipinski definition) is 2. The molecule has 2 rings (SSSR count). The van der Waals surface area contributed by atoms with Crippen molar-refractivity contribution in [3.8, 4) is 0 Å². The molecule has 0 aromatic heterocycles. The van der Waals surface area contributed by atoms with E-state index in [0.29, 0.717) is 6.04 Å². The monoisotopic (exact) mass is 196 g/mol. The minimum absolute atomic E-state index is 0.0125. The highest BCUT2D eigenvalue weighted by molar-refractivity contribution is 5.87. The lowest BCUT2D eigenvalue weighted by atomic mass is 10.2. The summed E-state index contributed by atoms with van der Waals surface area (Å²) in [5.41, 5.74) is 0. The second kappa shape index (κ2) is 3.59. The number of nitrogens with zero attached hydrogens (tertiary/aromatic N) is 1. The number of amides is 2. The highest BCUT2D eigenvalue weighted by Gasteiger charge is 2.34. The van der Waals surface area contributed by atoms with E-state index in [0.717, 1.165) is 32.2 Å². The van der Waals surface area contributed by atoms with Crippen LogP contribution in [0.15, 0.2) is 0 Å². The van der Waals surface area contributed by atoms with Crippen molar-refractivity contribution in [1.29, 1.82) is 0 Å². The van der Waals surface area contributed by atoms with Crippen molar-refractivity contribution in [3.63, 3.8) is 0 Å². The first kappa shape index (κ1) is 9.49. The Bertz CT molecular complexity index is 261. The molecule has 0 aromatic rings. The number of rotatable bonds is 2. The summed E-state index contributed by atoms with van der Waals surface area (Å²) in [5, 5.41) is 2.95. The van der Waals surface area contributed by atoms with Crippen molar-refractivity contribution >= 4 is 11.8 Å². The fourth-order valence-corrected chi connectivity index (χ4v) is 1.94. The Balaban J connectivity index is 1.93. The number of nitrogens with one attached hydrogen (secondary N) is 1. The highest BCUT2D eigenvalue weighted by Crippen LogP contribution is 2.22. The molecule has 2 aliphatic rings. The van der Waals surface area contributed by atoms with Gasteiger partial charge in [0.05, 0.1) is 0 Å². The van der Waals surface area contributed by atoms with Gasteiger partial charge >= 0.3 is 0 Å². The van der Waals surface area contributed by atoms with Crippen molar-refractivity contribution in [2.45, 2.75) is 44.7 Å². The van der Waals surface area contributed by atoms with Crippen LogP contribution < -0.4 is 5.32 Å². The summed E-state index contributed by atoms with van der Waals surface area (Å²) < 4.78 is 0. The molecule has 0 bridgehead atoms. The van der Waals surface area contributed by atoms with Crippen LogP contribution in [0.1, 0.15) is 32.6 Å². The van der Waals surface area contributed by atoms with Gasteiger partial charge in [0.15, 0.2) is 0 Å². The smallest absolute Gasteiger partial charge is 0.243 e. The maximum absolute atomic E-state index is 11.7. The van der Waals surface area contributed by atoms with E-state index in [4.69, 9.17) is 0 Å². The molecule has 1 heterocycles. The van der Waals surface area contributed by atoms with Gasteiger partial charge in [-0.25, -0.2) is 0 Å². The zero-order valence-electron chi connectivity index (χ0n) is 8.45. The van der Waals surface area contributed by atoms with E-state index in [2.05, 4.69) is 5.32 Å². The molecule has 78 valence electrons. The molecule has 2 amide bonds. The van der Waals surface area contributed by atoms with E-state index in [1.807, 2.05) is 0 Å². The topological polar surface area (TPSA) is 49.4 Å². The van der Waals surface area contributed by atoms with Crippen LogP contribution in [0, 0.1) is 0 Å². The Labute approximate surface area is 83.6 Å². The first-order valence-electron chi connectivity index (χ1n) is 5.26. The Kier molecular flexibility index (Phi) is 2.44. The lowest BCUT2D eigenvalue weighted by molar-refractivity contribution is -0.136. The van der Waals surface area contributed by atoms with Crippen LogP contribution in [0.2, 0.25) is 0 Å². The predicted molar refractivity (Wildman–Crippen MR) is 51.6 cm³/mol. The Morgan fingerprint density at radius 1 is 1.29 bits per heavy atom. The van der Waals surface area contributed by atoms with Gasteiger partial charge in [-0.1, -0.05) is 0 Å². The van der Waals surface area contributed by atoms with Gasteiger partial charge in [-0.2, -0.15) is 0 Å². The van der Waals surface area contributed by atoms with Crippen LogP contribution in [0.4, 0.5) is 0 Å². The van der Waals surface area contributed by atoms with Crippen LogP contribution in [-0.2, 0) is 9.59 Å². The minimum Gasteiger partial charge on any atom is -0.352 e. The van der Waals surface area contributed by atoms with Gasteiger partial charge in [0.25, 0.3) is 0 Å². The van der Waals surface area contributed by atoms with Gasteiger partial charge in [0.2, 0.25) is 11.8 Å². The van der Waals surface area contributed by atoms with Crippen molar-refractivity contribution in [1.82, 2.24) is 10.2 Å². The third kappa shape index (κ3) is 1.89. The summed E-state index contributed by atoms with van der Waals surface area (Å²) in [6, 6.07) is 0.185. The van der Waals surface area contributed by atoms with Crippen molar-refractivity contribution < 1.29 is 9.59 Å². The second-order valence-electron chi connectivity index (χ2n) is 4.15. The molecule has 1 saturated heterocycles. The molecule has 14 heavy (non-hydrogen) atoms. The zero-order valence-corrected chi connectivity index (χ0v) is 8.45. The van der Waals surface area contributed by atoms with Crippen LogP contribution in [0.5, 0.6) is 0 Å². The highest BCUT2D eigenvalue weighted by atomic mass is 16.2. The number of hydrogen-bond donors (Lipinski definition) is 1. The molecule has 1 saturated carbocycles. The molecule has 0 radical (unpaired) electrons. The summed E-state index contributed by atoms with van der Waals surface area (Å²) in [6.07, 6.45) is 3.96. The molecule has 4 nitrogen and oxygen atoms in total. The van der Waals surface area contributed by atoms with Gasteiger partial charge < -0.3 is 10.2 Å². The van der Waals surface area contributed by atoms with E-state index < -0.39 is 0 Å². The summed E-state index contributed by atoms with van der Waals surface area (Å²) in [5.74, 6) is 0.0543. The average Bonchev–Trinajstić information content (AvgIpc) is 2.81. The minimum atomic E-state index is -0.201. The SMILES string of the molecule is CC(=O)N1CCCC1C(=O)NC1CC1. The number of likely N-dealkylation sites (tertiary alicyclic amines) is 1. The van der Waals surface area contributed by atoms with Crippen molar-refractivity contribution in [2.75, 3.05) is 6.54 Å². The first-order valence-corrected chi connectivity index (χ1v) is 5.26. The first-order chi connectivity index (χ1) is 6.68. The molecule has 1 aliphatic heterocycles. The quantitative estimate of drug-likeness (QED) is 0.689. The summed E-state index contributed by atoms with van der Waals surface area (Å²) in [4.78, 5) is 24.6. The third-order valence-electron chi connectivity index (χ3n) is 2.88. The standard InChI is InChI=1S/C10H16N2O2/c1-7(13)12-6-2-3-9(12)10(14)11-8-4-5-8/h8-9H,2-6H2,1H3,(H,11,14). The van der Waals surface area contributed by atoms with Crippen molar-refractivity contribution in [3.05, 3.63) is 0 Å². The molecule has 4 heteroatoms. The second-order valence-corrected chi connectivity index (χ2v) is 4.15. The third-order valence-corrected chi connectivity index (χ3v) is 2.88. The lowest BCUT2D eigenvalue weighted by Gasteiger charge is -2.22. The van der Waals surface area contributed by atoms with Gasteiger partial charge in [0, 0.05) is 19.5 Å². The van der Waals surface area contributed by atoms with E-state index in [1.165, 1.54) is 6.92 Å².